The summed E-state index contributed by atoms with van der Waals surface area (Å²) in [5.41, 5.74) is 0.178. The number of hydrogen-bond acceptors (Lipinski definition) is 4. The van der Waals surface area contributed by atoms with Gasteiger partial charge in [0.15, 0.2) is 18.2 Å². The van der Waals surface area contributed by atoms with E-state index in [0.29, 0.717) is 17.4 Å². The van der Waals surface area contributed by atoms with Gasteiger partial charge in [0.2, 0.25) is 0 Å². The van der Waals surface area contributed by atoms with Crippen LogP contribution in [0.5, 0.6) is 5.75 Å². The minimum atomic E-state index is -4.46. The van der Waals surface area contributed by atoms with Crippen molar-refractivity contribution in [3.63, 3.8) is 0 Å². The quantitative estimate of drug-likeness (QED) is 0.404. The van der Waals surface area contributed by atoms with E-state index in [9.17, 15) is 18.0 Å². The molecule has 0 unspecified atom stereocenters. The van der Waals surface area contributed by atoms with Crippen LogP contribution >= 0.6 is 11.6 Å². The largest absolute Gasteiger partial charge is 0.471 e. The van der Waals surface area contributed by atoms with Gasteiger partial charge in [-0.05, 0) is 35.9 Å². The van der Waals surface area contributed by atoms with Crippen LogP contribution in [0.2, 0.25) is 5.02 Å². The standard InChI is InChI=1S/C22H17ClF3N5O2/c23-18-7-2-1-4-15(18)13-30-11-9-20(29-30)27-21(32)19-8-10-31(28-19)14-33-17-6-3-5-16(12-17)22(24,25)26/h1-12H,13-14H2,(H,27,29,32). The number of nitrogens with one attached hydrogen (secondary N) is 1. The lowest BCUT2D eigenvalue weighted by Gasteiger charge is -2.10. The average Bonchev–Trinajstić information content (AvgIpc) is 3.43. The van der Waals surface area contributed by atoms with Crippen LogP contribution < -0.4 is 10.1 Å². The lowest BCUT2D eigenvalue weighted by atomic mass is 10.2. The van der Waals surface area contributed by atoms with Gasteiger partial charge in [-0.15, -0.1) is 0 Å². The normalized spacial score (nSPS) is 11.4. The van der Waals surface area contributed by atoms with Gasteiger partial charge in [0.1, 0.15) is 5.75 Å². The number of hydrogen-bond donors (Lipinski definition) is 1. The molecular weight excluding hydrogens is 459 g/mol. The first-order valence-electron chi connectivity index (χ1n) is 9.70. The molecule has 1 amide bonds. The number of carbonyl (C=O) groups excluding carboxylic acids is 1. The molecule has 0 aliphatic rings. The number of carbonyl (C=O) groups is 1. The summed E-state index contributed by atoms with van der Waals surface area (Å²) in [6, 6.07) is 15.0. The van der Waals surface area contributed by atoms with Crippen molar-refractivity contribution in [1.82, 2.24) is 19.6 Å². The van der Waals surface area contributed by atoms with Crippen LogP contribution in [-0.2, 0) is 19.5 Å². The zero-order valence-corrected chi connectivity index (χ0v) is 17.7. The number of rotatable bonds is 7. The molecule has 0 spiro atoms. The number of ether oxygens (including phenoxy) is 1. The SMILES string of the molecule is O=C(Nc1ccn(Cc2ccccc2Cl)n1)c1ccn(COc2cccc(C(F)(F)F)c2)n1. The van der Waals surface area contributed by atoms with Crippen LogP contribution in [0.1, 0.15) is 21.6 Å². The van der Waals surface area contributed by atoms with E-state index >= 15 is 0 Å². The van der Waals surface area contributed by atoms with E-state index in [4.69, 9.17) is 16.3 Å². The molecule has 0 atom stereocenters. The summed E-state index contributed by atoms with van der Waals surface area (Å²) < 4.78 is 46.7. The van der Waals surface area contributed by atoms with Crippen LogP contribution in [0.25, 0.3) is 0 Å². The summed E-state index contributed by atoms with van der Waals surface area (Å²) in [7, 11) is 0. The van der Waals surface area contributed by atoms with E-state index < -0.39 is 17.6 Å². The van der Waals surface area contributed by atoms with E-state index in [1.165, 1.54) is 29.1 Å². The molecule has 0 aliphatic heterocycles. The maximum atomic E-state index is 12.8. The molecule has 0 fully saturated rings. The number of halogens is 4. The topological polar surface area (TPSA) is 74.0 Å². The molecule has 7 nitrogen and oxygen atoms in total. The minimum Gasteiger partial charge on any atom is -0.471 e. The third-order valence-electron chi connectivity index (χ3n) is 4.57. The molecule has 4 rings (SSSR count). The predicted molar refractivity (Wildman–Crippen MR) is 115 cm³/mol. The molecule has 11 heteroatoms. The second-order valence-electron chi connectivity index (χ2n) is 6.98. The molecule has 2 aromatic carbocycles. The summed E-state index contributed by atoms with van der Waals surface area (Å²) >= 11 is 6.16. The Labute approximate surface area is 191 Å². The molecular formula is C22H17ClF3N5O2. The Hall–Kier alpha value is -3.79. The highest BCUT2D eigenvalue weighted by atomic mass is 35.5. The Morgan fingerprint density at radius 3 is 2.58 bits per heavy atom. The minimum absolute atomic E-state index is 0.0374. The molecule has 0 bridgehead atoms. The van der Waals surface area contributed by atoms with E-state index in [0.717, 1.165) is 17.7 Å². The highest BCUT2D eigenvalue weighted by Crippen LogP contribution is 2.31. The maximum absolute atomic E-state index is 12.8. The molecule has 4 aromatic rings. The first kappa shape index (κ1) is 22.4. The number of anilines is 1. The maximum Gasteiger partial charge on any atom is 0.416 e. The molecule has 170 valence electrons. The van der Waals surface area contributed by atoms with Crippen LogP contribution in [0.15, 0.2) is 73.1 Å². The van der Waals surface area contributed by atoms with Crippen molar-refractivity contribution in [3.8, 4) is 5.75 Å². The van der Waals surface area contributed by atoms with Gasteiger partial charge in [-0.3, -0.25) is 9.48 Å². The zero-order chi connectivity index (χ0) is 23.4. The van der Waals surface area contributed by atoms with Crippen molar-refractivity contribution < 1.29 is 22.7 Å². The summed E-state index contributed by atoms with van der Waals surface area (Å²) in [4.78, 5) is 12.5. The number of benzene rings is 2. The van der Waals surface area contributed by atoms with Crippen molar-refractivity contribution in [1.29, 1.82) is 0 Å². The first-order valence-corrected chi connectivity index (χ1v) is 10.1. The van der Waals surface area contributed by atoms with Crippen LogP contribution in [0.3, 0.4) is 0 Å². The van der Waals surface area contributed by atoms with Crippen molar-refractivity contribution in [2.75, 3.05) is 5.32 Å². The van der Waals surface area contributed by atoms with Gasteiger partial charge < -0.3 is 10.1 Å². The van der Waals surface area contributed by atoms with E-state index in [1.807, 2.05) is 18.2 Å². The monoisotopic (exact) mass is 475 g/mol. The smallest absolute Gasteiger partial charge is 0.416 e. The van der Waals surface area contributed by atoms with Crippen molar-refractivity contribution in [3.05, 3.63) is 94.9 Å². The number of alkyl halides is 3. The van der Waals surface area contributed by atoms with Crippen molar-refractivity contribution >= 4 is 23.3 Å². The van der Waals surface area contributed by atoms with Crippen LogP contribution in [0.4, 0.5) is 19.0 Å². The summed E-state index contributed by atoms with van der Waals surface area (Å²) in [5, 5.41) is 11.6. The highest BCUT2D eigenvalue weighted by molar-refractivity contribution is 6.31. The molecule has 2 aromatic heterocycles. The average molecular weight is 476 g/mol. The fraction of sp³-hybridized carbons (Fsp3) is 0.136. The second kappa shape index (κ2) is 9.37. The number of aromatic nitrogens is 4. The lowest BCUT2D eigenvalue weighted by molar-refractivity contribution is -0.137. The van der Waals surface area contributed by atoms with E-state index in [1.54, 1.807) is 23.0 Å². The van der Waals surface area contributed by atoms with E-state index in [2.05, 4.69) is 15.5 Å². The molecule has 1 N–H and O–H groups in total. The Bertz CT molecular complexity index is 1270. The third-order valence-corrected chi connectivity index (χ3v) is 4.94. The highest BCUT2D eigenvalue weighted by Gasteiger charge is 2.30. The molecule has 2 heterocycles. The van der Waals surface area contributed by atoms with Gasteiger partial charge in [-0.1, -0.05) is 35.9 Å². The Balaban J connectivity index is 1.34. The second-order valence-corrected chi connectivity index (χ2v) is 7.39. The van der Waals surface area contributed by atoms with Gasteiger partial charge in [0, 0.05) is 23.5 Å². The van der Waals surface area contributed by atoms with Gasteiger partial charge in [-0.25, -0.2) is 4.68 Å². The zero-order valence-electron chi connectivity index (χ0n) is 17.0. The van der Waals surface area contributed by atoms with Gasteiger partial charge in [0.05, 0.1) is 12.1 Å². The molecule has 0 radical (unpaired) electrons. The van der Waals surface area contributed by atoms with Gasteiger partial charge in [0.25, 0.3) is 5.91 Å². The fourth-order valence-electron chi connectivity index (χ4n) is 2.96. The molecule has 0 saturated carbocycles. The van der Waals surface area contributed by atoms with Crippen molar-refractivity contribution in [2.24, 2.45) is 0 Å². The van der Waals surface area contributed by atoms with Crippen LogP contribution in [0, 0.1) is 0 Å². The summed E-state index contributed by atoms with van der Waals surface area (Å²) in [6.45, 7) is 0.276. The van der Waals surface area contributed by atoms with Crippen LogP contribution in [-0.4, -0.2) is 25.5 Å². The Morgan fingerprint density at radius 2 is 1.79 bits per heavy atom. The first-order chi connectivity index (χ1) is 15.8. The third kappa shape index (κ3) is 5.72. The fourth-order valence-corrected chi connectivity index (χ4v) is 3.15. The predicted octanol–water partition coefficient (Wildman–Crippen LogP) is 5.09. The van der Waals surface area contributed by atoms with Gasteiger partial charge in [-0.2, -0.15) is 23.4 Å². The number of nitrogens with zero attached hydrogens (tertiary/aromatic N) is 4. The molecule has 0 aliphatic carbocycles. The van der Waals surface area contributed by atoms with E-state index in [-0.39, 0.29) is 18.2 Å². The number of amides is 1. The summed E-state index contributed by atoms with van der Waals surface area (Å²) in [6.07, 6.45) is -1.27. The molecule has 33 heavy (non-hydrogen) atoms. The summed E-state index contributed by atoms with van der Waals surface area (Å²) in [5.74, 6) is -0.118. The van der Waals surface area contributed by atoms with Crippen molar-refractivity contribution in [2.45, 2.75) is 19.5 Å². The lowest BCUT2D eigenvalue weighted by Crippen LogP contribution is -2.15. The molecule has 0 saturated heterocycles. The van der Waals surface area contributed by atoms with Gasteiger partial charge >= 0.3 is 6.18 Å². The Morgan fingerprint density at radius 1 is 1.00 bits per heavy atom. The Kier molecular flexibility index (Phi) is 6.36.